The van der Waals surface area contributed by atoms with Crippen LogP contribution < -0.4 is 4.74 Å². The van der Waals surface area contributed by atoms with Crippen molar-refractivity contribution in [3.8, 4) is 5.88 Å². The van der Waals surface area contributed by atoms with Crippen molar-refractivity contribution in [1.29, 1.82) is 0 Å². The van der Waals surface area contributed by atoms with E-state index in [0.717, 1.165) is 17.0 Å². The molecular formula is C18H25N3O4S. The molecule has 1 saturated heterocycles. The summed E-state index contributed by atoms with van der Waals surface area (Å²) in [4.78, 5) is 17.3. The molecule has 1 aliphatic carbocycles. The minimum Gasteiger partial charge on any atom is -0.591 e. The van der Waals surface area contributed by atoms with Crippen molar-refractivity contribution >= 4 is 23.2 Å². The van der Waals surface area contributed by atoms with Crippen LogP contribution in [0.1, 0.15) is 44.9 Å². The van der Waals surface area contributed by atoms with Gasteiger partial charge in [0.25, 0.3) is 0 Å². The Bertz CT molecular complexity index is 736. The van der Waals surface area contributed by atoms with Crippen LogP contribution in [0.3, 0.4) is 0 Å². The highest BCUT2D eigenvalue weighted by Gasteiger charge is 2.48. The second-order valence-corrected chi connectivity index (χ2v) is 9.78. The number of fused-ring (bicyclic) bond motifs is 1. The molecule has 0 unspecified atom stereocenters. The Hall–Kier alpha value is -1.80. The van der Waals surface area contributed by atoms with Crippen LogP contribution in [0.4, 0.5) is 4.79 Å². The van der Waals surface area contributed by atoms with Gasteiger partial charge in [0.2, 0.25) is 5.88 Å². The van der Waals surface area contributed by atoms with E-state index >= 15 is 0 Å². The number of carboxylic acid groups (broad SMARTS) is 1. The third kappa shape index (κ3) is 3.40. The Morgan fingerprint density at radius 3 is 2.58 bits per heavy atom. The number of piperidine rings is 1. The fourth-order valence-electron chi connectivity index (χ4n) is 3.54. The quantitative estimate of drug-likeness (QED) is 0.797. The first-order chi connectivity index (χ1) is 12.2. The van der Waals surface area contributed by atoms with Gasteiger partial charge in [-0.1, -0.05) is 4.40 Å². The first kappa shape index (κ1) is 19.0. The number of nitrogens with zero attached hydrogens (tertiary/aromatic N) is 3. The van der Waals surface area contributed by atoms with Gasteiger partial charge in [0.15, 0.2) is 0 Å². The lowest BCUT2D eigenvalue weighted by atomic mass is 9.75. The van der Waals surface area contributed by atoms with Gasteiger partial charge in [-0.2, -0.15) is 0 Å². The average Bonchev–Trinajstić information content (AvgIpc) is 2.86. The summed E-state index contributed by atoms with van der Waals surface area (Å²) in [5, 5.41) is 9.25. The maximum Gasteiger partial charge on any atom is 0.407 e. The monoisotopic (exact) mass is 379 g/mol. The molecule has 1 aromatic rings. The van der Waals surface area contributed by atoms with E-state index in [1.807, 2.05) is 26.8 Å². The van der Waals surface area contributed by atoms with E-state index in [2.05, 4.69) is 9.38 Å². The lowest BCUT2D eigenvalue weighted by molar-refractivity contribution is 0.114. The summed E-state index contributed by atoms with van der Waals surface area (Å²) in [7, 11) is 1.58. The fraction of sp³-hybridized carbons (Fsp3) is 0.611. The molecule has 0 saturated carbocycles. The highest BCUT2D eigenvalue weighted by molar-refractivity contribution is 7.91. The average molecular weight is 379 g/mol. The van der Waals surface area contributed by atoms with Gasteiger partial charge < -0.3 is 19.3 Å². The Morgan fingerprint density at radius 1 is 1.38 bits per heavy atom. The Kier molecular flexibility index (Phi) is 4.92. The summed E-state index contributed by atoms with van der Waals surface area (Å²) in [5.74, 6) is 0.542. The summed E-state index contributed by atoms with van der Waals surface area (Å²) in [5.41, 5.74) is 2.29. The smallest absolute Gasteiger partial charge is 0.407 e. The van der Waals surface area contributed by atoms with Crippen molar-refractivity contribution in [3.63, 3.8) is 0 Å². The van der Waals surface area contributed by atoms with Crippen molar-refractivity contribution in [2.75, 3.05) is 20.2 Å². The van der Waals surface area contributed by atoms with E-state index in [9.17, 15) is 14.5 Å². The van der Waals surface area contributed by atoms with Crippen molar-refractivity contribution in [2.24, 2.45) is 9.81 Å². The van der Waals surface area contributed by atoms with Crippen LogP contribution in [0.5, 0.6) is 5.88 Å². The Morgan fingerprint density at radius 2 is 2.04 bits per heavy atom. The number of pyridine rings is 1. The van der Waals surface area contributed by atoms with Crippen LogP contribution in [0, 0.1) is 5.41 Å². The van der Waals surface area contributed by atoms with Crippen LogP contribution in [-0.2, 0) is 17.8 Å². The van der Waals surface area contributed by atoms with Gasteiger partial charge in [0.05, 0.1) is 12.8 Å². The molecule has 2 heterocycles. The van der Waals surface area contributed by atoms with E-state index in [4.69, 9.17) is 4.74 Å². The molecule has 1 amide bonds. The molecule has 1 aliphatic heterocycles. The highest BCUT2D eigenvalue weighted by Crippen LogP contribution is 2.45. The normalized spacial score (nSPS) is 21.7. The summed E-state index contributed by atoms with van der Waals surface area (Å²) in [6.45, 7) is 6.59. The molecule has 1 atom stereocenters. The number of rotatable bonds is 2. The summed E-state index contributed by atoms with van der Waals surface area (Å²) in [6, 6.07) is 3.72. The first-order valence-electron chi connectivity index (χ1n) is 8.70. The van der Waals surface area contributed by atoms with Crippen LogP contribution in [-0.4, -0.2) is 56.3 Å². The maximum atomic E-state index is 12.7. The Labute approximate surface area is 156 Å². The molecule has 0 aromatic carbocycles. The van der Waals surface area contributed by atoms with Gasteiger partial charge in [-0.3, -0.25) is 0 Å². The SMILES string of the molecule is COc1ccc2c(n1)CC1(CCN(C(=O)O)CC1)/C2=N/[S@+]([O-])C(C)(C)C. The number of amides is 1. The standard InChI is InChI=1S/C18H25N3O4S/c1-17(2,3)26(24)20-15-12-5-6-14(25-4)19-13(12)11-18(15)7-9-21(10-8-18)16(22)23/h5-6H,7-11H2,1-4H3,(H,22,23)/b20-15+/t26-/m1/s1. The minimum atomic E-state index is -1.39. The molecule has 26 heavy (non-hydrogen) atoms. The molecule has 2 aliphatic rings. The van der Waals surface area contributed by atoms with Crippen LogP contribution >= 0.6 is 0 Å². The molecule has 0 bridgehead atoms. The third-order valence-electron chi connectivity index (χ3n) is 5.11. The topological polar surface area (TPSA) is 98.1 Å². The van der Waals surface area contributed by atoms with Crippen molar-refractivity contribution in [3.05, 3.63) is 23.4 Å². The number of carbonyl (C=O) groups is 1. The van der Waals surface area contributed by atoms with Crippen molar-refractivity contribution in [2.45, 2.75) is 44.8 Å². The molecule has 1 spiro atoms. The minimum absolute atomic E-state index is 0.311. The van der Waals surface area contributed by atoms with E-state index in [1.54, 1.807) is 13.2 Å². The third-order valence-corrected chi connectivity index (χ3v) is 6.51. The number of likely N-dealkylation sites (tertiary alicyclic amines) is 1. The summed E-state index contributed by atoms with van der Waals surface area (Å²) in [6.07, 6.45) is 1.08. The lowest BCUT2D eigenvalue weighted by Gasteiger charge is -2.38. The van der Waals surface area contributed by atoms with Crippen molar-refractivity contribution in [1.82, 2.24) is 9.88 Å². The van der Waals surface area contributed by atoms with Crippen LogP contribution in [0.25, 0.3) is 0 Å². The molecular weight excluding hydrogens is 354 g/mol. The van der Waals surface area contributed by atoms with Gasteiger partial charge in [-0.15, -0.1) is 0 Å². The van der Waals surface area contributed by atoms with Gasteiger partial charge in [-0.25, -0.2) is 9.78 Å². The van der Waals surface area contributed by atoms with Crippen molar-refractivity contribution < 1.29 is 19.2 Å². The maximum absolute atomic E-state index is 12.7. The molecule has 1 N–H and O–H groups in total. The van der Waals surface area contributed by atoms with Gasteiger partial charge in [0.1, 0.15) is 21.8 Å². The largest absolute Gasteiger partial charge is 0.591 e. The van der Waals surface area contributed by atoms with Gasteiger partial charge in [0, 0.05) is 36.6 Å². The van der Waals surface area contributed by atoms with E-state index < -0.39 is 22.2 Å². The number of methoxy groups -OCH3 is 1. The molecule has 1 aromatic heterocycles. The van der Waals surface area contributed by atoms with Gasteiger partial charge in [-0.05, 0) is 39.7 Å². The molecule has 7 nitrogen and oxygen atoms in total. The Balaban J connectivity index is 2.01. The zero-order chi connectivity index (χ0) is 19.1. The first-order valence-corrected chi connectivity index (χ1v) is 9.80. The predicted octanol–water partition coefficient (Wildman–Crippen LogP) is 2.66. The summed E-state index contributed by atoms with van der Waals surface area (Å²) < 4.78 is 22.1. The number of hydrogen-bond acceptors (Lipinski definition) is 5. The van der Waals surface area contributed by atoms with E-state index in [0.29, 0.717) is 38.2 Å². The van der Waals surface area contributed by atoms with E-state index in [-0.39, 0.29) is 5.41 Å². The van der Waals surface area contributed by atoms with Crippen LogP contribution in [0.15, 0.2) is 16.5 Å². The molecule has 0 radical (unpaired) electrons. The van der Waals surface area contributed by atoms with Crippen LogP contribution in [0.2, 0.25) is 0 Å². The number of aromatic nitrogens is 1. The molecule has 1 fully saturated rings. The second kappa shape index (κ2) is 6.74. The zero-order valence-corrected chi connectivity index (χ0v) is 16.4. The molecule has 3 rings (SSSR count). The predicted molar refractivity (Wildman–Crippen MR) is 100 cm³/mol. The zero-order valence-electron chi connectivity index (χ0n) is 15.6. The van der Waals surface area contributed by atoms with Gasteiger partial charge >= 0.3 is 6.09 Å². The number of ether oxygens (including phenoxy) is 1. The lowest BCUT2D eigenvalue weighted by Crippen LogP contribution is -2.45. The summed E-state index contributed by atoms with van der Waals surface area (Å²) >= 11 is -1.39. The van der Waals surface area contributed by atoms with E-state index in [1.165, 1.54) is 4.90 Å². The molecule has 142 valence electrons. The fourth-order valence-corrected chi connectivity index (χ4v) is 4.27. The number of hydrogen-bond donors (Lipinski definition) is 1. The second-order valence-electron chi connectivity index (χ2n) is 7.88. The highest BCUT2D eigenvalue weighted by atomic mass is 32.2. The molecule has 8 heteroatoms.